The summed E-state index contributed by atoms with van der Waals surface area (Å²) in [5, 5.41) is 13.5. The highest BCUT2D eigenvalue weighted by Crippen LogP contribution is 2.32. The second kappa shape index (κ2) is 4.43. The average Bonchev–Trinajstić information content (AvgIpc) is 2.01. The Balaban J connectivity index is 2.37. The molecule has 0 spiro atoms. The Morgan fingerprint density at radius 2 is 2.15 bits per heavy atom. The summed E-state index contributed by atoms with van der Waals surface area (Å²) in [6.45, 7) is 7.25. The number of hydrogen-bond acceptors (Lipinski definition) is 2. The fourth-order valence-corrected chi connectivity index (χ4v) is 2.09. The van der Waals surface area contributed by atoms with Crippen molar-refractivity contribution in [3.63, 3.8) is 0 Å². The maximum absolute atomic E-state index is 10.1. The van der Waals surface area contributed by atoms with Gasteiger partial charge in [0.15, 0.2) is 0 Å². The van der Waals surface area contributed by atoms with Crippen LogP contribution in [0.2, 0.25) is 0 Å². The minimum absolute atomic E-state index is 0.430. The maximum atomic E-state index is 10.1. The van der Waals surface area contributed by atoms with Crippen LogP contribution in [0.25, 0.3) is 0 Å². The molecule has 0 aromatic carbocycles. The highest BCUT2D eigenvalue weighted by molar-refractivity contribution is 4.87. The zero-order chi connectivity index (χ0) is 9.90. The molecule has 1 rings (SSSR count). The van der Waals surface area contributed by atoms with E-state index in [1.807, 2.05) is 6.92 Å². The fraction of sp³-hybridized carbons (Fsp3) is 1.00. The van der Waals surface area contributed by atoms with Crippen LogP contribution in [0.5, 0.6) is 0 Å². The predicted molar refractivity (Wildman–Crippen MR) is 55.7 cm³/mol. The molecule has 2 heteroatoms. The lowest BCUT2D eigenvalue weighted by atomic mass is 9.76. The molecule has 2 N–H and O–H groups in total. The SMILES string of the molecule is CC(C)NC[C@@H]1CCCC[C@]1(C)O. The van der Waals surface area contributed by atoms with Crippen molar-refractivity contribution in [2.75, 3.05) is 6.54 Å². The van der Waals surface area contributed by atoms with E-state index in [-0.39, 0.29) is 0 Å². The molecule has 2 atom stereocenters. The number of hydrogen-bond donors (Lipinski definition) is 2. The van der Waals surface area contributed by atoms with Crippen LogP contribution in [0, 0.1) is 5.92 Å². The van der Waals surface area contributed by atoms with Crippen molar-refractivity contribution in [2.24, 2.45) is 5.92 Å². The normalized spacial score (nSPS) is 35.3. The zero-order valence-electron chi connectivity index (χ0n) is 9.14. The van der Waals surface area contributed by atoms with E-state index in [0.29, 0.717) is 12.0 Å². The summed E-state index contributed by atoms with van der Waals surface area (Å²) in [6, 6.07) is 0.526. The molecule has 2 nitrogen and oxygen atoms in total. The molecule has 1 aliphatic rings. The van der Waals surface area contributed by atoms with Crippen molar-refractivity contribution in [3.8, 4) is 0 Å². The van der Waals surface area contributed by atoms with Crippen molar-refractivity contribution in [2.45, 2.75) is 58.1 Å². The lowest BCUT2D eigenvalue weighted by Gasteiger charge is -2.37. The Morgan fingerprint density at radius 3 is 2.69 bits per heavy atom. The van der Waals surface area contributed by atoms with Crippen LogP contribution < -0.4 is 5.32 Å². The first-order chi connectivity index (χ1) is 6.02. The zero-order valence-corrected chi connectivity index (χ0v) is 9.14. The molecule has 0 aromatic rings. The first-order valence-electron chi connectivity index (χ1n) is 5.48. The summed E-state index contributed by atoms with van der Waals surface area (Å²) in [4.78, 5) is 0. The van der Waals surface area contributed by atoms with Crippen LogP contribution in [0.15, 0.2) is 0 Å². The van der Waals surface area contributed by atoms with E-state index in [4.69, 9.17) is 0 Å². The molecule has 1 aliphatic carbocycles. The third kappa shape index (κ3) is 3.28. The second-order valence-corrected chi connectivity index (χ2v) is 4.86. The van der Waals surface area contributed by atoms with Crippen molar-refractivity contribution >= 4 is 0 Å². The summed E-state index contributed by atoms with van der Waals surface area (Å²) < 4.78 is 0. The summed E-state index contributed by atoms with van der Waals surface area (Å²) in [7, 11) is 0. The quantitative estimate of drug-likeness (QED) is 0.704. The second-order valence-electron chi connectivity index (χ2n) is 4.86. The van der Waals surface area contributed by atoms with Crippen LogP contribution in [0.3, 0.4) is 0 Å². The van der Waals surface area contributed by atoms with Gasteiger partial charge in [0.2, 0.25) is 0 Å². The van der Waals surface area contributed by atoms with Crippen molar-refractivity contribution < 1.29 is 5.11 Å². The van der Waals surface area contributed by atoms with Gasteiger partial charge in [-0.3, -0.25) is 0 Å². The molecule has 13 heavy (non-hydrogen) atoms. The molecule has 0 radical (unpaired) electrons. The third-order valence-corrected chi connectivity index (χ3v) is 3.14. The van der Waals surface area contributed by atoms with Gasteiger partial charge < -0.3 is 10.4 Å². The number of aliphatic hydroxyl groups is 1. The van der Waals surface area contributed by atoms with E-state index < -0.39 is 5.60 Å². The maximum Gasteiger partial charge on any atom is 0.0659 e. The Kier molecular flexibility index (Phi) is 3.74. The lowest BCUT2D eigenvalue weighted by Crippen LogP contribution is -2.44. The van der Waals surface area contributed by atoms with E-state index in [2.05, 4.69) is 19.2 Å². The van der Waals surface area contributed by atoms with Gasteiger partial charge in [-0.15, -0.1) is 0 Å². The largest absolute Gasteiger partial charge is 0.390 e. The van der Waals surface area contributed by atoms with E-state index in [1.165, 1.54) is 19.3 Å². The van der Waals surface area contributed by atoms with Crippen LogP contribution in [-0.4, -0.2) is 23.3 Å². The van der Waals surface area contributed by atoms with Gasteiger partial charge in [-0.05, 0) is 25.7 Å². The molecule has 0 saturated heterocycles. The Morgan fingerprint density at radius 1 is 1.46 bits per heavy atom. The highest BCUT2D eigenvalue weighted by atomic mass is 16.3. The van der Waals surface area contributed by atoms with Crippen molar-refractivity contribution in [3.05, 3.63) is 0 Å². The molecule has 0 heterocycles. The molecule has 1 fully saturated rings. The topological polar surface area (TPSA) is 32.3 Å². The Labute approximate surface area is 81.7 Å². The minimum atomic E-state index is -0.430. The van der Waals surface area contributed by atoms with E-state index in [0.717, 1.165) is 13.0 Å². The number of nitrogens with one attached hydrogen (secondary N) is 1. The van der Waals surface area contributed by atoms with Crippen LogP contribution in [-0.2, 0) is 0 Å². The van der Waals surface area contributed by atoms with Crippen LogP contribution >= 0.6 is 0 Å². The first kappa shape index (κ1) is 11.0. The minimum Gasteiger partial charge on any atom is -0.390 e. The summed E-state index contributed by atoms with van der Waals surface area (Å²) >= 11 is 0. The molecule has 78 valence electrons. The van der Waals surface area contributed by atoms with Gasteiger partial charge in [0, 0.05) is 12.6 Å². The van der Waals surface area contributed by atoms with Gasteiger partial charge in [0.25, 0.3) is 0 Å². The molecular weight excluding hydrogens is 162 g/mol. The van der Waals surface area contributed by atoms with Gasteiger partial charge in [-0.1, -0.05) is 26.7 Å². The lowest BCUT2D eigenvalue weighted by molar-refractivity contribution is -0.0314. The third-order valence-electron chi connectivity index (χ3n) is 3.14. The predicted octanol–water partition coefficient (Wildman–Crippen LogP) is 1.93. The Hall–Kier alpha value is -0.0800. The molecule has 1 saturated carbocycles. The van der Waals surface area contributed by atoms with Gasteiger partial charge in [0.1, 0.15) is 0 Å². The molecule has 0 aliphatic heterocycles. The Bertz CT molecular complexity index is 154. The van der Waals surface area contributed by atoms with Crippen molar-refractivity contribution in [1.29, 1.82) is 0 Å². The standard InChI is InChI=1S/C11H23NO/c1-9(2)12-8-10-6-4-5-7-11(10,3)13/h9-10,12-13H,4-8H2,1-3H3/t10-,11-/m0/s1. The van der Waals surface area contributed by atoms with Gasteiger partial charge in [-0.25, -0.2) is 0 Å². The smallest absolute Gasteiger partial charge is 0.0659 e. The van der Waals surface area contributed by atoms with Gasteiger partial charge in [-0.2, -0.15) is 0 Å². The van der Waals surface area contributed by atoms with Gasteiger partial charge in [0.05, 0.1) is 5.60 Å². The molecule has 0 bridgehead atoms. The molecule has 0 amide bonds. The van der Waals surface area contributed by atoms with E-state index >= 15 is 0 Å². The summed E-state index contributed by atoms with van der Waals surface area (Å²) in [6.07, 6.45) is 4.61. The average molecular weight is 185 g/mol. The first-order valence-corrected chi connectivity index (χ1v) is 5.48. The molecular formula is C11H23NO. The van der Waals surface area contributed by atoms with Crippen LogP contribution in [0.1, 0.15) is 46.5 Å². The summed E-state index contributed by atoms with van der Waals surface area (Å²) in [5.74, 6) is 0.448. The highest BCUT2D eigenvalue weighted by Gasteiger charge is 2.33. The molecule has 0 unspecified atom stereocenters. The van der Waals surface area contributed by atoms with Crippen molar-refractivity contribution in [1.82, 2.24) is 5.32 Å². The van der Waals surface area contributed by atoms with Gasteiger partial charge >= 0.3 is 0 Å². The van der Waals surface area contributed by atoms with E-state index in [9.17, 15) is 5.11 Å². The van der Waals surface area contributed by atoms with E-state index in [1.54, 1.807) is 0 Å². The number of rotatable bonds is 3. The fourth-order valence-electron chi connectivity index (χ4n) is 2.09. The molecule has 0 aromatic heterocycles. The van der Waals surface area contributed by atoms with Crippen LogP contribution in [0.4, 0.5) is 0 Å². The monoisotopic (exact) mass is 185 g/mol. The summed E-state index contributed by atoms with van der Waals surface area (Å²) in [5.41, 5.74) is -0.430.